The lowest BCUT2D eigenvalue weighted by molar-refractivity contribution is -0.189. The molecule has 0 bridgehead atoms. The summed E-state index contributed by atoms with van der Waals surface area (Å²) in [4.78, 5) is 22.9. The molecule has 0 saturated heterocycles. The minimum Gasteiger partial charge on any atom is -0.484 e. The summed E-state index contributed by atoms with van der Waals surface area (Å²) in [6.07, 6.45) is -5.47. The van der Waals surface area contributed by atoms with E-state index in [1.807, 2.05) is 0 Å². The van der Waals surface area contributed by atoms with Gasteiger partial charge in [-0.05, 0) is 29.8 Å². The highest BCUT2D eigenvalue weighted by molar-refractivity contribution is 5.99. The van der Waals surface area contributed by atoms with Crippen LogP contribution in [0.4, 0.5) is 13.2 Å². The van der Waals surface area contributed by atoms with Gasteiger partial charge in [0.2, 0.25) is 0 Å². The second-order valence-electron chi connectivity index (χ2n) is 5.19. The molecule has 0 aliphatic carbocycles. The summed E-state index contributed by atoms with van der Waals surface area (Å²) in [7, 11) is 0. The summed E-state index contributed by atoms with van der Waals surface area (Å²) in [6, 6.07) is 12.2. The fourth-order valence-corrected chi connectivity index (χ4v) is 2.37. The topological polar surface area (TPSA) is 52.6 Å². The number of rotatable bonds is 2. The van der Waals surface area contributed by atoms with Gasteiger partial charge in [-0.25, -0.2) is 4.79 Å². The predicted molar refractivity (Wildman–Crippen MR) is 76.9 cm³/mol. The summed E-state index contributed by atoms with van der Waals surface area (Å²) in [6.45, 7) is 0. The first-order valence-corrected chi connectivity index (χ1v) is 7.02. The number of esters is 1. The van der Waals surface area contributed by atoms with Gasteiger partial charge in [0.25, 0.3) is 0 Å². The predicted octanol–water partition coefficient (Wildman–Crippen LogP) is 3.86. The number of ketones is 1. The van der Waals surface area contributed by atoms with Crippen molar-refractivity contribution >= 4 is 11.8 Å². The number of para-hydroxylation sites is 1. The van der Waals surface area contributed by atoms with E-state index in [9.17, 15) is 22.8 Å². The first-order chi connectivity index (χ1) is 11.3. The standard InChI is InChI=1S/C17H11F3O4/c18-17(19,20)16(22)23-11-7-5-10(6-8-11)15-9-13(21)12-3-1-2-4-14(12)24-15/h1-8,15H,9H2. The quantitative estimate of drug-likeness (QED) is 0.617. The zero-order valence-electron chi connectivity index (χ0n) is 12.2. The van der Waals surface area contributed by atoms with Crippen LogP contribution in [-0.2, 0) is 4.79 Å². The number of Topliss-reactive ketones (excluding diaryl/α,β-unsaturated/α-hetero) is 1. The monoisotopic (exact) mass is 336 g/mol. The van der Waals surface area contributed by atoms with Crippen LogP contribution in [0.2, 0.25) is 0 Å². The average molecular weight is 336 g/mol. The smallest absolute Gasteiger partial charge is 0.484 e. The molecule has 1 aliphatic heterocycles. The van der Waals surface area contributed by atoms with E-state index < -0.39 is 18.2 Å². The third-order valence-electron chi connectivity index (χ3n) is 3.52. The molecule has 4 nitrogen and oxygen atoms in total. The van der Waals surface area contributed by atoms with E-state index in [1.54, 1.807) is 24.3 Å². The van der Waals surface area contributed by atoms with Crippen LogP contribution in [0.25, 0.3) is 0 Å². The average Bonchev–Trinajstić information content (AvgIpc) is 2.54. The van der Waals surface area contributed by atoms with E-state index >= 15 is 0 Å². The van der Waals surface area contributed by atoms with Crippen LogP contribution in [0.3, 0.4) is 0 Å². The van der Waals surface area contributed by atoms with E-state index in [0.717, 1.165) is 0 Å². The molecule has 2 aromatic carbocycles. The van der Waals surface area contributed by atoms with Gasteiger partial charge in [-0.2, -0.15) is 13.2 Å². The molecule has 0 saturated carbocycles. The molecule has 3 rings (SSSR count). The lowest BCUT2D eigenvalue weighted by atomic mass is 9.96. The Morgan fingerprint density at radius 3 is 2.42 bits per heavy atom. The van der Waals surface area contributed by atoms with Crippen molar-refractivity contribution in [3.05, 3.63) is 59.7 Å². The first-order valence-electron chi connectivity index (χ1n) is 7.02. The summed E-state index contributed by atoms with van der Waals surface area (Å²) < 4.78 is 46.5. The van der Waals surface area contributed by atoms with Gasteiger partial charge in [0.05, 0.1) is 12.0 Å². The Balaban J connectivity index is 1.75. The Morgan fingerprint density at radius 1 is 1.08 bits per heavy atom. The lowest BCUT2D eigenvalue weighted by Gasteiger charge is -2.25. The summed E-state index contributed by atoms with van der Waals surface area (Å²) in [5, 5.41) is 0. The Labute approximate surface area is 134 Å². The molecule has 24 heavy (non-hydrogen) atoms. The number of halogens is 3. The van der Waals surface area contributed by atoms with Crippen molar-refractivity contribution in [2.24, 2.45) is 0 Å². The van der Waals surface area contributed by atoms with Crippen LogP contribution >= 0.6 is 0 Å². The number of fused-ring (bicyclic) bond motifs is 1. The Morgan fingerprint density at radius 2 is 1.75 bits per heavy atom. The van der Waals surface area contributed by atoms with Gasteiger partial charge in [-0.15, -0.1) is 0 Å². The molecule has 1 atom stereocenters. The molecular formula is C17H11F3O4. The third-order valence-corrected chi connectivity index (χ3v) is 3.52. The van der Waals surface area contributed by atoms with E-state index in [0.29, 0.717) is 16.9 Å². The van der Waals surface area contributed by atoms with Crippen molar-refractivity contribution in [1.29, 1.82) is 0 Å². The van der Waals surface area contributed by atoms with Crippen molar-refractivity contribution in [3.8, 4) is 11.5 Å². The van der Waals surface area contributed by atoms with E-state index in [4.69, 9.17) is 4.74 Å². The second-order valence-corrected chi connectivity index (χ2v) is 5.19. The SMILES string of the molecule is O=C1CC(c2ccc(OC(=O)C(F)(F)F)cc2)Oc2ccccc21. The fraction of sp³-hybridized carbons (Fsp3) is 0.176. The number of hydrogen-bond donors (Lipinski definition) is 0. The molecule has 1 aliphatic rings. The number of carbonyl (C=O) groups is 2. The van der Waals surface area contributed by atoms with Gasteiger partial charge in [0, 0.05) is 0 Å². The Kier molecular flexibility index (Phi) is 4.01. The van der Waals surface area contributed by atoms with E-state index in [1.165, 1.54) is 24.3 Å². The maximum absolute atomic E-state index is 12.2. The van der Waals surface area contributed by atoms with E-state index in [-0.39, 0.29) is 18.0 Å². The van der Waals surface area contributed by atoms with Gasteiger partial charge in [-0.1, -0.05) is 24.3 Å². The minimum absolute atomic E-state index is 0.0746. The van der Waals surface area contributed by atoms with Crippen LogP contribution < -0.4 is 9.47 Å². The van der Waals surface area contributed by atoms with Gasteiger partial charge >= 0.3 is 12.1 Å². The lowest BCUT2D eigenvalue weighted by Crippen LogP contribution is -2.28. The van der Waals surface area contributed by atoms with Gasteiger partial charge in [-0.3, -0.25) is 4.79 Å². The number of alkyl halides is 3. The van der Waals surface area contributed by atoms with Crippen molar-refractivity contribution in [3.63, 3.8) is 0 Å². The van der Waals surface area contributed by atoms with Crippen LogP contribution in [0.5, 0.6) is 11.5 Å². The highest BCUT2D eigenvalue weighted by Crippen LogP contribution is 2.35. The molecule has 0 aromatic heterocycles. The molecule has 0 spiro atoms. The molecular weight excluding hydrogens is 325 g/mol. The number of benzene rings is 2. The molecule has 1 heterocycles. The number of hydrogen-bond acceptors (Lipinski definition) is 4. The highest BCUT2D eigenvalue weighted by Gasteiger charge is 2.41. The van der Waals surface area contributed by atoms with E-state index in [2.05, 4.69) is 4.74 Å². The first kappa shape index (κ1) is 16.0. The van der Waals surface area contributed by atoms with Crippen molar-refractivity contribution in [2.45, 2.75) is 18.7 Å². The molecule has 0 radical (unpaired) electrons. The van der Waals surface area contributed by atoms with Gasteiger partial charge in [0.15, 0.2) is 5.78 Å². The fourth-order valence-electron chi connectivity index (χ4n) is 2.37. The third kappa shape index (κ3) is 3.24. The number of ether oxygens (including phenoxy) is 2. The summed E-state index contributed by atoms with van der Waals surface area (Å²) >= 11 is 0. The highest BCUT2D eigenvalue weighted by atomic mass is 19.4. The maximum atomic E-state index is 12.2. The van der Waals surface area contributed by atoms with Crippen molar-refractivity contribution < 1.29 is 32.2 Å². The Bertz CT molecular complexity index is 781. The Hall–Kier alpha value is -2.83. The zero-order valence-corrected chi connectivity index (χ0v) is 12.2. The largest absolute Gasteiger partial charge is 0.491 e. The van der Waals surface area contributed by atoms with Gasteiger partial charge < -0.3 is 9.47 Å². The van der Waals surface area contributed by atoms with Crippen molar-refractivity contribution in [2.75, 3.05) is 0 Å². The van der Waals surface area contributed by atoms with Gasteiger partial charge in [0.1, 0.15) is 17.6 Å². The number of carbonyl (C=O) groups excluding carboxylic acids is 2. The molecule has 0 N–H and O–H groups in total. The molecule has 124 valence electrons. The van der Waals surface area contributed by atoms with Crippen LogP contribution in [0.1, 0.15) is 28.4 Å². The molecule has 2 aromatic rings. The summed E-state index contributed by atoms with van der Waals surface area (Å²) in [5.41, 5.74) is 1.11. The molecule has 7 heteroatoms. The van der Waals surface area contributed by atoms with Crippen LogP contribution in [0, 0.1) is 0 Å². The van der Waals surface area contributed by atoms with Crippen LogP contribution in [-0.4, -0.2) is 17.9 Å². The molecule has 1 unspecified atom stereocenters. The normalized spacial score (nSPS) is 17.0. The van der Waals surface area contributed by atoms with Crippen molar-refractivity contribution in [1.82, 2.24) is 0 Å². The second kappa shape index (κ2) is 5.99. The zero-order chi connectivity index (χ0) is 17.3. The summed E-state index contributed by atoms with van der Waals surface area (Å²) in [5.74, 6) is -2.13. The minimum atomic E-state index is -5.05. The molecule has 0 fully saturated rings. The van der Waals surface area contributed by atoms with Crippen LogP contribution in [0.15, 0.2) is 48.5 Å². The maximum Gasteiger partial charge on any atom is 0.491 e. The molecule has 0 amide bonds.